The van der Waals surface area contributed by atoms with Crippen molar-refractivity contribution in [1.29, 1.82) is 0 Å². The van der Waals surface area contributed by atoms with E-state index in [-0.39, 0.29) is 29.4 Å². The van der Waals surface area contributed by atoms with Gasteiger partial charge in [0, 0.05) is 11.1 Å². The molecule has 1 N–H and O–H groups in total. The lowest BCUT2D eigenvalue weighted by Gasteiger charge is -2.26. The molecule has 0 saturated carbocycles. The lowest BCUT2D eigenvalue weighted by molar-refractivity contribution is -0.129. The number of urea groups is 1. The van der Waals surface area contributed by atoms with Crippen LogP contribution in [0.1, 0.15) is 18.1 Å². The monoisotopic (exact) mass is 516 g/mol. The summed E-state index contributed by atoms with van der Waals surface area (Å²) in [6, 6.07) is 19.1. The Bertz CT molecular complexity index is 1410. The van der Waals surface area contributed by atoms with Crippen LogP contribution in [0.15, 0.2) is 84.4 Å². The first kappa shape index (κ1) is 25.4. The van der Waals surface area contributed by atoms with Crippen molar-refractivity contribution >= 4 is 53.3 Å². The highest BCUT2D eigenvalue weighted by molar-refractivity contribution is 6.39. The summed E-state index contributed by atoms with van der Waals surface area (Å²) in [6.07, 6.45) is 4.26. The average Bonchev–Trinajstić information content (AvgIpc) is 2.88. The summed E-state index contributed by atoms with van der Waals surface area (Å²) < 4.78 is 11.0. The fourth-order valence-corrected chi connectivity index (χ4v) is 3.61. The van der Waals surface area contributed by atoms with E-state index in [1.54, 1.807) is 19.1 Å². The zero-order valence-electron chi connectivity index (χ0n) is 19.6. The minimum Gasteiger partial charge on any atom is -0.490 e. The lowest BCUT2D eigenvalue weighted by atomic mass is 10.1. The molecule has 0 aliphatic carbocycles. The van der Waals surface area contributed by atoms with Gasteiger partial charge in [0.05, 0.1) is 12.3 Å². The van der Waals surface area contributed by atoms with Gasteiger partial charge in [0.25, 0.3) is 11.8 Å². The molecule has 0 unspecified atom stereocenters. The normalized spacial score (nSPS) is 14.7. The number of benzene rings is 3. The molecule has 0 aromatic heterocycles. The van der Waals surface area contributed by atoms with E-state index in [0.717, 1.165) is 10.5 Å². The average molecular weight is 517 g/mol. The van der Waals surface area contributed by atoms with Gasteiger partial charge in [-0.05, 0) is 66.6 Å². The fraction of sp³-hybridized carbons (Fsp3) is 0.0714. The highest BCUT2D eigenvalue weighted by atomic mass is 35.5. The molecule has 0 bridgehead atoms. The second-order valence-electron chi connectivity index (χ2n) is 7.74. The molecule has 0 radical (unpaired) electrons. The maximum atomic E-state index is 13.1. The van der Waals surface area contributed by atoms with Gasteiger partial charge in [-0.25, -0.2) is 14.5 Å². The van der Waals surface area contributed by atoms with Crippen LogP contribution in [-0.4, -0.2) is 30.4 Å². The van der Waals surface area contributed by atoms with Gasteiger partial charge >= 0.3 is 12.0 Å². The van der Waals surface area contributed by atoms with E-state index in [0.29, 0.717) is 10.6 Å². The zero-order chi connectivity index (χ0) is 26.4. The number of esters is 1. The van der Waals surface area contributed by atoms with Gasteiger partial charge in [0.1, 0.15) is 5.57 Å². The lowest BCUT2D eigenvalue weighted by Crippen LogP contribution is -2.54. The largest absolute Gasteiger partial charge is 0.490 e. The molecule has 4 amide bonds. The van der Waals surface area contributed by atoms with E-state index in [2.05, 4.69) is 5.32 Å². The number of carbonyl (C=O) groups excluding carboxylic acids is 4. The van der Waals surface area contributed by atoms with Crippen molar-refractivity contribution in [3.8, 4) is 11.5 Å². The summed E-state index contributed by atoms with van der Waals surface area (Å²) in [4.78, 5) is 51.1. The maximum absolute atomic E-state index is 13.1. The number of hydrogen-bond donors (Lipinski definition) is 1. The smallest absolute Gasteiger partial charge is 0.336 e. The SMILES string of the molecule is CCOc1cc(/C=C2\C(=O)NC(=O)N(c3ccc(Cl)cc3)C2=O)ccc1OC(=O)/C=C/c1ccccc1. The van der Waals surface area contributed by atoms with Gasteiger partial charge in [-0.2, -0.15) is 0 Å². The highest BCUT2D eigenvalue weighted by Gasteiger charge is 2.36. The second kappa shape index (κ2) is 11.4. The number of halogens is 1. The number of barbiturate groups is 1. The summed E-state index contributed by atoms with van der Waals surface area (Å²) >= 11 is 5.90. The van der Waals surface area contributed by atoms with Crippen LogP contribution in [0.4, 0.5) is 10.5 Å². The molecule has 3 aromatic rings. The van der Waals surface area contributed by atoms with Crippen LogP contribution in [-0.2, 0) is 14.4 Å². The van der Waals surface area contributed by atoms with Gasteiger partial charge < -0.3 is 9.47 Å². The molecule has 1 saturated heterocycles. The Hall–Kier alpha value is -4.69. The highest BCUT2D eigenvalue weighted by Crippen LogP contribution is 2.31. The molecule has 1 aliphatic rings. The first-order chi connectivity index (χ1) is 17.9. The number of nitrogens with zero attached hydrogens (tertiary/aromatic N) is 1. The molecule has 37 heavy (non-hydrogen) atoms. The van der Waals surface area contributed by atoms with E-state index < -0.39 is 23.8 Å². The first-order valence-corrected chi connectivity index (χ1v) is 11.6. The Morgan fingerprint density at radius 3 is 2.38 bits per heavy atom. The summed E-state index contributed by atoms with van der Waals surface area (Å²) in [5.41, 5.74) is 1.26. The van der Waals surface area contributed by atoms with Crippen LogP contribution >= 0.6 is 11.6 Å². The molecule has 4 rings (SSSR count). The van der Waals surface area contributed by atoms with Crippen LogP contribution in [0.5, 0.6) is 11.5 Å². The van der Waals surface area contributed by atoms with Crippen molar-refractivity contribution in [2.75, 3.05) is 11.5 Å². The number of carbonyl (C=O) groups is 4. The molecule has 0 spiro atoms. The number of hydrogen-bond acceptors (Lipinski definition) is 6. The third-order valence-corrected chi connectivity index (χ3v) is 5.44. The van der Waals surface area contributed by atoms with Crippen molar-refractivity contribution < 1.29 is 28.7 Å². The predicted molar refractivity (Wildman–Crippen MR) is 139 cm³/mol. The maximum Gasteiger partial charge on any atom is 0.336 e. The Morgan fingerprint density at radius 1 is 0.946 bits per heavy atom. The fourth-order valence-electron chi connectivity index (χ4n) is 3.49. The molecule has 3 aromatic carbocycles. The van der Waals surface area contributed by atoms with Gasteiger partial charge in [0.15, 0.2) is 11.5 Å². The predicted octanol–water partition coefficient (Wildman–Crippen LogP) is 5.02. The topological polar surface area (TPSA) is 102 Å². The minimum atomic E-state index is -0.865. The standard InChI is InChI=1S/C28H21ClN2O6/c1-2-36-24-17-19(8-14-23(24)37-25(32)15-9-18-6-4-3-5-7-18)16-22-26(33)30-28(35)31(27(22)34)21-12-10-20(29)11-13-21/h3-17H,2H2,1H3,(H,30,33,35)/b15-9+,22-16+. The second-order valence-corrected chi connectivity index (χ2v) is 8.18. The number of imide groups is 2. The summed E-state index contributed by atoms with van der Waals surface area (Å²) in [5, 5.41) is 2.60. The van der Waals surface area contributed by atoms with Crippen molar-refractivity contribution in [2.24, 2.45) is 0 Å². The van der Waals surface area contributed by atoms with Crippen molar-refractivity contribution in [2.45, 2.75) is 6.92 Å². The van der Waals surface area contributed by atoms with E-state index in [1.807, 2.05) is 30.3 Å². The van der Waals surface area contributed by atoms with E-state index in [1.165, 1.54) is 48.6 Å². The molecule has 8 nitrogen and oxygen atoms in total. The Kier molecular flexibility index (Phi) is 7.80. The van der Waals surface area contributed by atoms with Crippen LogP contribution in [0.2, 0.25) is 5.02 Å². The third-order valence-electron chi connectivity index (χ3n) is 5.19. The van der Waals surface area contributed by atoms with E-state index in [4.69, 9.17) is 21.1 Å². The molecule has 1 heterocycles. The number of rotatable bonds is 7. The number of amides is 4. The Morgan fingerprint density at radius 2 is 1.68 bits per heavy atom. The summed E-state index contributed by atoms with van der Waals surface area (Å²) in [6.45, 7) is 2.04. The van der Waals surface area contributed by atoms with Crippen LogP contribution < -0.4 is 19.7 Å². The van der Waals surface area contributed by atoms with Crippen LogP contribution in [0.25, 0.3) is 12.2 Å². The molecule has 9 heteroatoms. The molecule has 0 atom stereocenters. The number of ether oxygens (including phenoxy) is 2. The molecule has 1 fully saturated rings. The third kappa shape index (κ3) is 6.12. The molecule has 1 aliphatic heterocycles. The van der Waals surface area contributed by atoms with E-state index in [9.17, 15) is 19.2 Å². The number of nitrogens with one attached hydrogen (secondary N) is 1. The van der Waals surface area contributed by atoms with Gasteiger partial charge in [-0.1, -0.05) is 48.0 Å². The van der Waals surface area contributed by atoms with Gasteiger partial charge in [0.2, 0.25) is 0 Å². The van der Waals surface area contributed by atoms with Crippen LogP contribution in [0, 0.1) is 0 Å². The van der Waals surface area contributed by atoms with Crippen molar-refractivity contribution in [1.82, 2.24) is 5.32 Å². The summed E-state index contributed by atoms with van der Waals surface area (Å²) in [7, 11) is 0. The molecular formula is C28H21ClN2O6. The Balaban J connectivity index is 1.58. The Labute approximate surface area is 217 Å². The quantitative estimate of drug-likeness (QED) is 0.205. The van der Waals surface area contributed by atoms with Crippen LogP contribution in [0.3, 0.4) is 0 Å². The summed E-state index contributed by atoms with van der Waals surface area (Å²) in [5.74, 6) is -1.82. The van der Waals surface area contributed by atoms with Gasteiger partial charge in [-0.15, -0.1) is 0 Å². The number of anilines is 1. The van der Waals surface area contributed by atoms with E-state index >= 15 is 0 Å². The van der Waals surface area contributed by atoms with Crippen molar-refractivity contribution in [3.63, 3.8) is 0 Å². The first-order valence-electron chi connectivity index (χ1n) is 11.2. The van der Waals surface area contributed by atoms with Gasteiger partial charge in [-0.3, -0.25) is 14.9 Å². The van der Waals surface area contributed by atoms with Crippen molar-refractivity contribution in [3.05, 3.63) is 101 Å². The molecule has 186 valence electrons. The molecular weight excluding hydrogens is 496 g/mol. The zero-order valence-corrected chi connectivity index (χ0v) is 20.4. The minimum absolute atomic E-state index is 0.170.